The lowest BCUT2D eigenvalue weighted by Crippen LogP contribution is -2.24. The Morgan fingerprint density at radius 3 is 2.74 bits per heavy atom. The molecule has 6 nitrogen and oxygen atoms in total. The highest BCUT2D eigenvalue weighted by molar-refractivity contribution is 7.89. The molecule has 0 spiro atoms. The molecule has 2 rings (SSSR count). The molecule has 0 saturated carbocycles. The first kappa shape index (κ1) is 14.1. The predicted octanol–water partition coefficient (Wildman–Crippen LogP) is 0.720. The van der Waals surface area contributed by atoms with Crippen LogP contribution < -0.4 is 11.1 Å². The largest absolute Gasteiger partial charge is 0.396 e. The number of ether oxygens (including phenoxy) is 1. The normalized spacial score (nSPS) is 19.8. The molecule has 1 saturated heterocycles. The van der Waals surface area contributed by atoms with Crippen molar-refractivity contribution in [2.24, 2.45) is 0 Å². The van der Waals surface area contributed by atoms with Gasteiger partial charge >= 0.3 is 0 Å². The SMILES string of the molecule is CN(C)S(=O)(=O)c1cccc(NC2CCOC2)c1N. The van der Waals surface area contributed by atoms with E-state index in [1.807, 2.05) is 0 Å². The number of para-hydroxylation sites is 1. The van der Waals surface area contributed by atoms with E-state index in [0.29, 0.717) is 18.9 Å². The molecule has 1 aliphatic rings. The monoisotopic (exact) mass is 285 g/mol. The van der Waals surface area contributed by atoms with E-state index in [1.165, 1.54) is 20.2 Å². The van der Waals surface area contributed by atoms with Crippen LogP contribution in [0, 0.1) is 0 Å². The van der Waals surface area contributed by atoms with Crippen LogP contribution in [0.3, 0.4) is 0 Å². The minimum absolute atomic E-state index is 0.126. The van der Waals surface area contributed by atoms with Gasteiger partial charge in [0.25, 0.3) is 0 Å². The van der Waals surface area contributed by atoms with E-state index >= 15 is 0 Å². The fraction of sp³-hybridized carbons (Fsp3) is 0.500. The van der Waals surface area contributed by atoms with Crippen molar-refractivity contribution in [3.05, 3.63) is 18.2 Å². The van der Waals surface area contributed by atoms with E-state index < -0.39 is 10.0 Å². The van der Waals surface area contributed by atoms with Crippen LogP contribution in [0.25, 0.3) is 0 Å². The second-order valence-corrected chi connectivity index (χ2v) is 6.83. The maximum Gasteiger partial charge on any atom is 0.244 e. The van der Waals surface area contributed by atoms with Gasteiger partial charge < -0.3 is 15.8 Å². The number of nitrogens with two attached hydrogens (primary N) is 1. The van der Waals surface area contributed by atoms with Gasteiger partial charge in [-0.1, -0.05) is 6.07 Å². The van der Waals surface area contributed by atoms with Gasteiger partial charge in [0.05, 0.1) is 24.0 Å². The Morgan fingerprint density at radius 1 is 1.42 bits per heavy atom. The summed E-state index contributed by atoms with van der Waals surface area (Å²) in [5.41, 5.74) is 6.87. The van der Waals surface area contributed by atoms with Crippen molar-refractivity contribution >= 4 is 21.4 Å². The van der Waals surface area contributed by atoms with Crippen molar-refractivity contribution in [1.29, 1.82) is 0 Å². The summed E-state index contributed by atoms with van der Waals surface area (Å²) in [5.74, 6) is 0. The van der Waals surface area contributed by atoms with Crippen molar-refractivity contribution in [2.75, 3.05) is 38.4 Å². The Hall–Kier alpha value is -1.31. The Morgan fingerprint density at radius 2 is 2.16 bits per heavy atom. The summed E-state index contributed by atoms with van der Waals surface area (Å²) in [4.78, 5) is 0.126. The lowest BCUT2D eigenvalue weighted by Gasteiger charge is -2.18. The molecule has 7 heteroatoms. The van der Waals surface area contributed by atoms with E-state index in [9.17, 15) is 8.42 Å². The molecule has 1 fully saturated rings. The molecule has 0 aromatic heterocycles. The molecule has 0 bridgehead atoms. The molecule has 1 aromatic rings. The minimum Gasteiger partial charge on any atom is -0.396 e. The Bertz CT molecular complexity index is 551. The van der Waals surface area contributed by atoms with E-state index in [4.69, 9.17) is 10.5 Å². The number of benzene rings is 1. The number of anilines is 2. The van der Waals surface area contributed by atoms with Crippen LogP contribution in [0.4, 0.5) is 11.4 Å². The molecule has 3 N–H and O–H groups in total. The van der Waals surface area contributed by atoms with Crippen molar-refractivity contribution < 1.29 is 13.2 Å². The van der Waals surface area contributed by atoms with Gasteiger partial charge in [-0.3, -0.25) is 0 Å². The summed E-state index contributed by atoms with van der Waals surface area (Å²) in [6.07, 6.45) is 0.893. The second-order valence-electron chi connectivity index (χ2n) is 4.71. The molecule has 1 unspecified atom stereocenters. The van der Waals surface area contributed by atoms with Gasteiger partial charge in [-0.2, -0.15) is 0 Å². The Kier molecular flexibility index (Phi) is 3.98. The smallest absolute Gasteiger partial charge is 0.244 e. The van der Waals surface area contributed by atoms with Crippen LogP contribution in [0.15, 0.2) is 23.1 Å². The first-order chi connectivity index (χ1) is 8.93. The van der Waals surface area contributed by atoms with Gasteiger partial charge in [-0.25, -0.2) is 12.7 Å². The average molecular weight is 285 g/mol. The Balaban J connectivity index is 2.32. The first-order valence-electron chi connectivity index (χ1n) is 6.08. The standard InChI is InChI=1S/C12H19N3O3S/c1-15(2)19(16,17)11-5-3-4-10(12(11)13)14-9-6-7-18-8-9/h3-5,9,14H,6-8,13H2,1-2H3. The summed E-state index contributed by atoms with van der Waals surface area (Å²) in [7, 11) is -0.555. The number of hydrogen-bond donors (Lipinski definition) is 2. The van der Waals surface area contributed by atoms with Gasteiger partial charge in [0.1, 0.15) is 4.90 Å². The molecule has 19 heavy (non-hydrogen) atoms. The lowest BCUT2D eigenvalue weighted by molar-refractivity contribution is 0.195. The molecule has 1 atom stereocenters. The number of rotatable bonds is 4. The molecule has 1 aliphatic heterocycles. The van der Waals surface area contributed by atoms with Crippen LogP contribution in [0.1, 0.15) is 6.42 Å². The summed E-state index contributed by atoms with van der Waals surface area (Å²) in [6.45, 7) is 1.33. The van der Waals surface area contributed by atoms with Crippen molar-refractivity contribution in [3.8, 4) is 0 Å². The first-order valence-corrected chi connectivity index (χ1v) is 7.52. The zero-order chi connectivity index (χ0) is 14.0. The van der Waals surface area contributed by atoms with Gasteiger partial charge in [-0.15, -0.1) is 0 Å². The maximum absolute atomic E-state index is 12.1. The highest BCUT2D eigenvalue weighted by Gasteiger charge is 2.23. The number of nitrogens with zero attached hydrogens (tertiary/aromatic N) is 1. The third kappa shape index (κ3) is 2.83. The van der Waals surface area contributed by atoms with Crippen molar-refractivity contribution in [3.63, 3.8) is 0 Å². The van der Waals surface area contributed by atoms with Crippen LogP contribution >= 0.6 is 0 Å². The minimum atomic E-state index is -3.53. The van der Waals surface area contributed by atoms with E-state index in [0.717, 1.165) is 10.7 Å². The predicted molar refractivity (Wildman–Crippen MR) is 74.6 cm³/mol. The number of nitrogens with one attached hydrogen (secondary N) is 1. The summed E-state index contributed by atoms with van der Waals surface area (Å²) in [5, 5.41) is 3.23. The number of hydrogen-bond acceptors (Lipinski definition) is 5. The fourth-order valence-electron chi connectivity index (χ4n) is 1.96. The molecule has 106 valence electrons. The van der Waals surface area contributed by atoms with Gasteiger partial charge in [0, 0.05) is 20.7 Å². The van der Waals surface area contributed by atoms with Crippen LogP contribution in [-0.4, -0.2) is 46.1 Å². The molecule has 0 aliphatic carbocycles. The molecule has 1 aromatic carbocycles. The number of sulfonamides is 1. The highest BCUT2D eigenvalue weighted by atomic mass is 32.2. The van der Waals surface area contributed by atoms with E-state index in [2.05, 4.69) is 5.32 Å². The van der Waals surface area contributed by atoms with Gasteiger partial charge in [-0.05, 0) is 18.6 Å². The van der Waals surface area contributed by atoms with Crippen molar-refractivity contribution in [1.82, 2.24) is 4.31 Å². The van der Waals surface area contributed by atoms with Crippen molar-refractivity contribution in [2.45, 2.75) is 17.4 Å². The van der Waals surface area contributed by atoms with Gasteiger partial charge in [0.15, 0.2) is 0 Å². The Labute approximate surface area is 113 Å². The molecule has 0 amide bonds. The maximum atomic E-state index is 12.1. The molecule has 1 heterocycles. The second kappa shape index (κ2) is 5.36. The zero-order valence-electron chi connectivity index (χ0n) is 11.1. The number of nitrogen functional groups attached to an aromatic ring is 1. The van der Waals surface area contributed by atoms with Crippen LogP contribution in [0.5, 0.6) is 0 Å². The summed E-state index contributed by atoms with van der Waals surface area (Å²) in [6, 6.07) is 5.16. The molecule has 0 radical (unpaired) electrons. The fourth-order valence-corrected chi connectivity index (χ4v) is 2.99. The quantitative estimate of drug-likeness (QED) is 0.796. The molecular formula is C12H19N3O3S. The third-order valence-electron chi connectivity index (χ3n) is 3.11. The summed E-state index contributed by atoms with van der Waals surface area (Å²) < 4.78 is 30.7. The third-order valence-corrected chi connectivity index (χ3v) is 4.99. The van der Waals surface area contributed by atoms with Gasteiger partial charge in [0.2, 0.25) is 10.0 Å². The zero-order valence-corrected chi connectivity index (χ0v) is 11.9. The van der Waals surface area contributed by atoms with E-state index in [1.54, 1.807) is 12.1 Å². The highest BCUT2D eigenvalue weighted by Crippen LogP contribution is 2.29. The van der Waals surface area contributed by atoms with E-state index in [-0.39, 0.29) is 16.6 Å². The molecular weight excluding hydrogens is 266 g/mol. The topological polar surface area (TPSA) is 84.7 Å². The average Bonchev–Trinajstić information content (AvgIpc) is 2.84. The summed E-state index contributed by atoms with van der Waals surface area (Å²) >= 11 is 0. The van der Waals surface area contributed by atoms with Crippen LogP contribution in [-0.2, 0) is 14.8 Å². The van der Waals surface area contributed by atoms with Crippen LogP contribution in [0.2, 0.25) is 0 Å². The lowest BCUT2D eigenvalue weighted by atomic mass is 10.2.